The van der Waals surface area contributed by atoms with Crippen LogP contribution >= 0.6 is 11.6 Å². The highest BCUT2D eigenvalue weighted by molar-refractivity contribution is 6.31. The fourth-order valence-electron chi connectivity index (χ4n) is 2.97. The molecule has 0 unspecified atom stereocenters. The Hall–Kier alpha value is -2.62. The zero-order chi connectivity index (χ0) is 19.6. The Morgan fingerprint density at radius 1 is 1.19 bits per heavy atom. The number of aromatic nitrogens is 2. The van der Waals surface area contributed by atoms with E-state index in [2.05, 4.69) is 20.6 Å². The van der Waals surface area contributed by atoms with Crippen molar-refractivity contribution in [3.63, 3.8) is 0 Å². The van der Waals surface area contributed by atoms with Crippen LogP contribution in [0.1, 0.15) is 31.2 Å². The van der Waals surface area contributed by atoms with Gasteiger partial charge in [0.1, 0.15) is 6.33 Å². The van der Waals surface area contributed by atoms with Crippen LogP contribution in [0.25, 0.3) is 0 Å². The average Bonchev–Trinajstić information content (AvgIpc) is 3.08. The molecule has 1 heterocycles. The van der Waals surface area contributed by atoms with Crippen molar-refractivity contribution in [1.82, 2.24) is 9.97 Å². The lowest BCUT2D eigenvalue weighted by Crippen LogP contribution is -2.17. The Labute approximate surface area is 157 Å². The van der Waals surface area contributed by atoms with E-state index >= 15 is 0 Å². The second kappa shape index (κ2) is 7.55. The van der Waals surface area contributed by atoms with Gasteiger partial charge in [0.2, 0.25) is 11.6 Å². The topological polar surface area (TPSA) is 93.0 Å². The highest BCUT2D eigenvalue weighted by Gasteiger charge is 2.34. The Morgan fingerprint density at radius 2 is 1.85 bits per heavy atom. The first-order chi connectivity index (χ1) is 12.8. The highest BCUT2D eigenvalue weighted by Crippen LogP contribution is 2.38. The molecule has 3 rings (SSSR count). The van der Waals surface area contributed by atoms with Gasteiger partial charge in [0, 0.05) is 11.7 Å². The second-order valence-electron chi connectivity index (χ2n) is 6.12. The molecule has 2 N–H and O–H groups in total. The van der Waals surface area contributed by atoms with Crippen LogP contribution in [0.15, 0.2) is 24.5 Å². The number of nitrogens with zero attached hydrogens (tertiary/aromatic N) is 3. The summed E-state index contributed by atoms with van der Waals surface area (Å²) in [4.78, 5) is 18.6. The minimum absolute atomic E-state index is 0.0275. The van der Waals surface area contributed by atoms with Gasteiger partial charge in [-0.15, -0.1) is 0 Å². The quantitative estimate of drug-likeness (QED) is 0.531. The van der Waals surface area contributed by atoms with Gasteiger partial charge in [-0.1, -0.05) is 24.4 Å². The zero-order valence-electron chi connectivity index (χ0n) is 13.9. The minimum atomic E-state index is -4.65. The maximum absolute atomic E-state index is 13.0. The zero-order valence-corrected chi connectivity index (χ0v) is 14.6. The third-order valence-electron chi connectivity index (χ3n) is 4.24. The molecule has 0 spiro atoms. The third-order valence-corrected chi connectivity index (χ3v) is 4.56. The van der Waals surface area contributed by atoms with Gasteiger partial charge >= 0.3 is 11.9 Å². The molecule has 27 heavy (non-hydrogen) atoms. The van der Waals surface area contributed by atoms with Crippen molar-refractivity contribution in [2.45, 2.75) is 37.9 Å². The molecule has 1 aromatic heterocycles. The van der Waals surface area contributed by atoms with Crippen molar-refractivity contribution in [2.24, 2.45) is 0 Å². The Kier molecular flexibility index (Phi) is 5.36. The van der Waals surface area contributed by atoms with E-state index in [9.17, 15) is 23.3 Å². The first-order valence-electron chi connectivity index (χ1n) is 8.15. The van der Waals surface area contributed by atoms with Crippen molar-refractivity contribution in [2.75, 3.05) is 10.6 Å². The molecule has 1 fully saturated rings. The van der Waals surface area contributed by atoms with Gasteiger partial charge in [0.15, 0.2) is 0 Å². The fourth-order valence-corrected chi connectivity index (χ4v) is 3.19. The van der Waals surface area contributed by atoms with Crippen LogP contribution in [0.3, 0.4) is 0 Å². The summed E-state index contributed by atoms with van der Waals surface area (Å²) >= 11 is 5.59. The molecule has 0 atom stereocenters. The summed E-state index contributed by atoms with van der Waals surface area (Å²) in [7, 11) is 0. The predicted molar refractivity (Wildman–Crippen MR) is 94.3 cm³/mol. The van der Waals surface area contributed by atoms with Gasteiger partial charge in [-0.2, -0.15) is 13.2 Å². The summed E-state index contributed by atoms with van der Waals surface area (Å²) in [6.07, 6.45) is 0.250. The van der Waals surface area contributed by atoms with E-state index in [1.54, 1.807) is 0 Å². The lowest BCUT2D eigenvalue weighted by Gasteiger charge is -2.15. The molecule has 0 bridgehead atoms. The first kappa shape index (κ1) is 19.2. The number of hydrogen-bond acceptors (Lipinski definition) is 6. The lowest BCUT2D eigenvalue weighted by molar-refractivity contribution is -0.383. The van der Waals surface area contributed by atoms with E-state index in [-0.39, 0.29) is 23.4 Å². The standard InChI is InChI=1S/C16H15ClF3N5O2/c17-12-6-5-10(7-11(12)16(18,19)20)24-15-13(25(26)27)14(21-8-22-15)23-9-3-1-2-4-9/h5-9H,1-4H2,(H2,21,22,23,24). The largest absolute Gasteiger partial charge is 0.417 e. The molecule has 0 amide bonds. The van der Waals surface area contributed by atoms with Crippen LogP contribution in [-0.4, -0.2) is 20.9 Å². The number of hydrogen-bond donors (Lipinski definition) is 2. The Morgan fingerprint density at radius 3 is 2.48 bits per heavy atom. The van der Waals surface area contributed by atoms with Gasteiger partial charge in [-0.3, -0.25) is 10.1 Å². The fraction of sp³-hybridized carbons (Fsp3) is 0.375. The molecule has 0 aliphatic heterocycles. The van der Waals surface area contributed by atoms with E-state index < -0.39 is 27.4 Å². The van der Waals surface area contributed by atoms with Crippen LogP contribution in [0, 0.1) is 10.1 Å². The number of nitro groups is 1. The number of nitrogens with one attached hydrogen (secondary N) is 2. The first-order valence-corrected chi connectivity index (χ1v) is 8.53. The summed E-state index contributed by atoms with van der Waals surface area (Å²) in [5.74, 6) is -0.166. The van der Waals surface area contributed by atoms with Crippen LogP contribution in [0.2, 0.25) is 5.02 Å². The predicted octanol–water partition coefficient (Wildman–Crippen LogP) is 5.16. The molecule has 2 aromatic rings. The molecule has 7 nitrogen and oxygen atoms in total. The molecule has 11 heteroatoms. The molecule has 1 aliphatic rings. The Bertz CT molecular complexity index is 856. The van der Waals surface area contributed by atoms with Crippen molar-refractivity contribution < 1.29 is 18.1 Å². The SMILES string of the molecule is O=[N+]([O-])c1c(Nc2ccc(Cl)c(C(F)(F)F)c2)ncnc1NC1CCCC1. The minimum Gasteiger partial charge on any atom is -0.361 e. The van der Waals surface area contributed by atoms with E-state index in [1.165, 1.54) is 6.07 Å². The van der Waals surface area contributed by atoms with Gasteiger partial charge in [-0.05, 0) is 31.0 Å². The molecular weight excluding hydrogens is 387 g/mol. The Balaban J connectivity index is 1.94. The smallest absolute Gasteiger partial charge is 0.361 e. The number of halogens is 4. The van der Waals surface area contributed by atoms with Crippen molar-refractivity contribution in [1.29, 1.82) is 0 Å². The van der Waals surface area contributed by atoms with Crippen LogP contribution in [0.4, 0.5) is 36.2 Å². The van der Waals surface area contributed by atoms with Gasteiger partial charge in [0.25, 0.3) is 0 Å². The van der Waals surface area contributed by atoms with Crippen LogP contribution in [-0.2, 0) is 6.18 Å². The average molecular weight is 402 g/mol. The number of alkyl halides is 3. The van der Waals surface area contributed by atoms with Gasteiger partial charge in [0.05, 0.1) is 15.5 Å². The van der Waals surface area contributed by atoms with Crippen molar-refractivity contribution in [3.05, 3.63) is 45.2 Å². The van der Waals surface area contributed by atoms with E-state index in [0.29, 0.717) is 0 Å². The maximum Gasteiger partial charge on any atom is 0.417 e. The van der Waals surface area contributed by atoms with Crippen LogP contribution in [0.5, 0.6) is 0 Å². The normalized spacial score (nSPS) is 15.0. The van der Waals surface area contributed by atoms with Crippen molar-refractivity contribution in [3.8, 4) is 0 Å². The number of rotatable bonds is 5. The number of anilines is 3. The molecule has 1 aliphatic carbocycles. The summed E-state index contributed by atoms with van der Waals surface area (Å²) in [5.41, 5.74) is -1.50. The molecule has 0 radical (unpaired) electrons. The molecule has 1 aromatic carbocycles. The summed E-state index contributed by atoms with van der Waals surface area (Å²) in [6.45, 7) is 0. The number of benzene rings is 1. The third kappa shape index (κ3) is 4.38. The summed E-state index contributed by atoms with van der Waals surface area (Å²) in [6, 6.07) is 3.20. The molecule has 144 valence electrons. The van der Waals surface area contributed by atoms with Crippen molar-refractivity contribution >= 4 is 34.6 Å². The van der Waals surface area contributed by atoms with Gasteiger partial charge in [-0.25, -0.2) is 9.97 Å². The lowest BCUT2D eigenvalue weighted by atomic mass is 10.2. The second-order valence-corrected chi connectivity index (χ2v) is 6.53. The summed E-state index contributed by atoms with van der Waals surface area (Å²) < 4.78 is 39.0. The van der Waals surface area contributed by atoms with E-state index in [0.717, 1.165) is 44.1 Å². The molecule has 1 saturated carbocycles. The molecule has 0 saturated heterocycles. The van der Waals surface area contributed by atoms with Gasteiger partial charge < -0.3 is 10.6 Å². The maximum atomic E-state index is 13.0. The highest BCUT2D eigenvalue weighted by atomic mass is 35.5. The monoisotopic (exact) mass is 401 g/mol. The molecular formula is C16H15ClF3N5O2. The summed E-state index contributed by atoms with van der Waals surface area (Å²) in [5, 5.41) is 16.7. The van der Waals surface area contributed by atoms with Crippen LogP contribution < -0.4 is 10.6 Å². The van der Waals surface area contributed by atoms with E-state index in [4.69, 9.17) is 11.6 Å². The van der Waals surface area contributed by atoms with E-state index in [1.807, 2.05) is 0 Å².